The summed E-state index contributed by atoms with van der Waals surface area (Å²) in [6, 6.07) is 6.82. The molecular formula is C13H15NO3. The SMILES string of the molecule is CN(CC1CCO1)C(=O)c1ccccc1C=O. The summed E-state index contributed by atoms with van der Waals surface area (Å²) >= 11 is 0. The lowest BCUT2D eigenvalue weighted by molar-refractivity contribution is -0.0603. The van der Waals surface area contributed by atoms with Gasteiger partial charge in [-0.05, 0) is 12.5 Å². The summed E-state index contributed by atoms with van der Waals surface area (Å²) in [6.45, 7) is 1.35. The lowest BCUT2D eigenvalue weighted by Crippen LogP contribution is -2.41. The monoisotopic (exact) mass is 233 g/mol. The Morgan fingerprint density at radius 3 is 2.82 bits per heavy atom. The highest BCUT2D eigenvalue weighted by molar-refractivity contribution is 6.01. The van der Waals surface area contributed by atoms with Gasteiger partial charge in [0.05, 0.1) is 11.7 Å². The summed E-state index contributed by atoms with van der Waals surface area (Å²) in [7, 11) is 1.73. The lowest BCUT2D eigenvalue weighted by atomic mass is 10.1. The van der Waals surface area contributed by atoms with Crippen LogP contribution in [-0.2, 0) is 4.74 Å². The number of nitrogens with zero attached hydrogens (tertiary/aromatic N) is 1. The molecule has 1 heterocycles. The van der Waals surface area contributed by atoms with Crippen LogP contribution in [-0.4, -0.2) is 43.4 Å². The molecule has 0 bridgehead atoms. The Labute approximate surface area is 100 Å². The molecular weight excluding hydrogens is 218 g/mol. The highest BCUT2D eigenvalue weighted by atomic mass is 16.5. The predicted molar refractivity (Wildman–Crippen MR) is 63.1 cm³/mol. The molecule has 2 rings (SSSR count). The third kappa shape index (κ3) is 2.53. The van der Waals surface area contributed by atoms with Crippen LogP contribution < -0.4 is 0 Å². The van der Waals surface area contributed by atoms with Crippen LogP contribution in [0.4, 0.5) is 0 Å². The molecule has 90 valence electrons. The topological polar surface area (TPSA) is 46.6 Å². The second-order valence-corrected chi connectivity index (χ2v) is 4.17. The summed E-state index contributed by atoms with van der Waals surface area (Å²) < 4.78 is 5.28. The molecule has 1 aromatic rings. The fraction of sp³-hybridized carbons (Fsp3) is 0.385. The molecule has 1 atom stereocenters. The maximum absolute atomic E-state index is 12.1. The maximum atomic E-state index is 12.1. The second kappa shape index (κ2) is 5.10. The zero-order valence-electron chi connectivity index (χ0n) is 9.76. The average molecular weight is 233 g/mol. The largest absolute Gasteiger partial charge is 0.376 e. The van der Waals surface area contributed by atoms with Gasteiger partial charge in [-0.25, -0.2) is 0 Å². The number of carbonyl (C=O) groups excluding carboxylic acids is 2. The number of hydrogen-bond donors (Lipinski definition) is 0. The van der Waals surface area contributed by atoms with Gasteiger partial charge in [-0.3, -0.25) is 9.59 Å². The highest BCUT2D eigenvalue weighted by Crippen LogP contribution is 2.14. The molecule has 1 amide bonds. The first-order valence-electron chi connectivity index (χ1n) is 5.63. The smallest absolute Gasteiger partial charge is 0.254 e. The Balaban J connectivity index is 2.09. The zero-order chi connectivity index (χ0) is 12.3. The number of carbonyl (C=O) groups is 2. The van der Waals surface area contributed by atoms with E-state index in [4.69, 9.17) is 4.74 Å². The number of likely N-dealkylation sites (N-methyl/N-ethyl adjacent to an activating group) is 1. The van der Waals surface area contributed by atoms with Gasteiger partial charge in [0.2, 0.25) is 0 Å². The van der Waals surface area contributed by atoms with Crippen LogP contribution in [0.25, 0.3) is 0 Å². The summed E-state index contributed by atoms with van der Waals surface area (Å²) in [5, 5.41) is 0. The van der Waals surface area contributed by atoms with Crippen molar-refractivity contribution in [2.45, 2.75) is 12.5 Å². The molecule has 1 aliphatic heterocycles. The van der Waals surface area contributed by atoms with E-state index >= 15 is 0 Å². The number of benzene rings is 1. The number of aldehydes is 1. The van der Waals surface area contributed by atoms with Crippen molar-refractivity contribution in [2.24, 2.45) is 0 Å². The number of rotatable bonds is 4. The van der Waals surface area contributed by atoms with Crippen molar-refractivity contribution in [1.29, 1.82) is 0 Å². The Morgan fingerprint density at radius 1 is 1.53 bits per heavy atom. The fourth-order valence-corrected chi connectivity index (χ4v) is 1.82. The Morgan fingerprint density at radius 2 is 2.24 bits per heavy atom. The van der Waals surface area contributed by atoms with Crippen LogP contribution in [0.2, 0.25) is 0 Å². The highest BCUT2D eigenvalue weighted by Gasteiger charge is 2.23. The molecule has 1 fully saturated rings. The van der Waals surface area contributed by atoms with Crippen molar-refractivity contribution in [3.63, 3.8) is 0 Å². The maximum Gasteiger partial charge on any atom is 0.254 e. The first-order valence-corrected chi connectivity index (χ1v) is 5.63. The summed E-state index contributed by atoms with van der Waals surface area (Å²) in [5.74, 6) is -0.136. The molecule has 17 heavy (non-hydrogen) atoms. The van der Waals surface area contributed by atoms with E-state index in [1.54, 1.807) is 36.2 Å². The van der Waals surface area contributed by atoms with Crippen molar-refractivity contribution >= 4 is 12.2 Å². The van der Waals surface area contributed by atoms with Gasteiger partial charge in [-0.2, -0.15) is 0 Å². The van der Waals surface area contributed by atoms with E-state index in [-0.39, 0.29) is 12.0 Å². The van der Waals surface area contributed by atoms with E-state index in [1.807, 2.05) is 0 Å². The van der Waals surface area contributed by atoms with E-state index in [1.165, 1.54) is 0 Å². The standard InChI is InChI=1S/C13H15NO3/c1-14(8-11-6-7-17-11)13(16)12-5-3-2-4-10(12)9-15/h2-5,9,11H,6-8H2,1H3. The minimum Gasteiger partial charge on any atom is -0.376 e. The van der Waals surface area contributed by atoms with Crippen LogP contribution >= 0.6 is 0 Å². The fourth-order valence-electron chi connectivity index (χ4n) is 1.82. The molecule has 1 saturated heterocycles. The van der Waals surface area contributed by atoms with Crippen LogP contribution in [0.15, 0.2) is 24.3 Å². The Bertz CT molecular complexity index is 426. The van der Waals surface area contributed by atoms with Gasteiger partial charge in [-0.1, -0.05) is 18.2 Å². The van der Waals surface area contributed by atoms with Crippen molar-refractivity contribution in [3.05, 3.63) is 35.4 Å². The van der Waals surface area contributed by atoms with Crippen molar-refractivity contribution in [3.8, 4) is 0 Å². The van der Waals surface area contributed by atoms with Crippen molar-refractivity contribution in [2.75, 3.05) is 20.2 Å². The van der Waals surface area contributed by atoms with E-state index in [0.717, 1.165) is 13.0 Å². The Hall–Kier alpha value is -1.68. The second-order valence-electron chi connectivity index (χ2n) is 4.17. The average Bonchev–Trinajstić information content (AvgIpc) is 2.32. The van der Waals surface area contributed by atoms with Crippen molar-refractivity contribution < 1.29 is 14.3 Å². The molecule has 1 aliphatic rings. The van der Waals surface area contributed by atoms with Gasteiger partial charge in [0, 0.05) is 25.8 Å². The van der Waals surface area contributed by atoms with E-state index in [0.29, 0.717) is 24.0 Å². The van der Waals surface area contributed by atoms with Crippen molar-refractivity contribution in [1.82, 2.24) is 4.90 Å². The quantitative estimate of drug-likeness (QED) is 0.738. The molecule has 0 saturated carbocycles. The van der Waals surface area contributed by atoms with E-state index < -0.39 is 0 Å². The molecule has 0 spiro atoms. The lowest BCUT2D eigenvalue weighted by Gasteiger charge is -2.30. The molecule has 0 radical (unpaired) electrons. The van der Waals surface area contributed by atoms with Gasteiger partial charge in [0.25, 0.3) is 5.91 Å². The summed E-state index contributed by atoms with van der Waals surface area (Å²) in [5.41, 5.74) is 0.878. The molecule has 4 heteroatoms. The van der Waals surface area contributed by atoms with E-state index in [9.17, 15) is 9.59 Å². The van der Waals surface area contributed by atoms with Gasteiger partial charge >= 0.3 is 0 Å². The summed E-state index contributed by atoms with van der Waals surface area (Å²) in [6.07, 6.45) is 1.85. The number of amides is 1. The van der Waals surface area contributed by atoms with Gasteiger partial charge in [-0.15, -0.1) is 0 Å². The molecule has 0 N–H and O–H groups in total. The normalized spacial score (nSPS) is 18.3. The van der Waals surface area contributed by atoms with E-state index in [2.05, 4.69) is 0 Å². The van der Waals surface area contributed by atoms with Crippen LogP contribution in [0.5, 0.6) is 0 Å². The first kappa shape index (κ1) is 11.8. The molecule has 1 unspecified atom stereocenters. The van der Waals surface area contributed by atoms with Crippen LogP contribution in [0.3, 0.4) is 0 Å². The van der Waals surface area contributed by atoms with Gasteiger partial charge in [0.15, 0.2) is 6.29 Å². The molecule has 0 aromatic heterocycles. The van der Waals surface area contributed by atoms with Crippen LogP contribution in [0.1, 0.15) is 27.1 Å². The molecule has 0 aliphatic carbocycles. The Kier molecular flexibility index (Phi) is 3.54. The van der Waals surface area contributed by atoms with Crippen LogP contribution in [0, 0.1) is 0 Å². The third-order valence-electron chi connectivity index (χ3n) is 2.94. The number of ether oxygens (including phenoxy) is 1. The van der Waals surface area contributed by atoms with Gasteiger partial charge < -0.3 is 9.64 Å². The molecule has 1 aromatic carbocycles. The zero-order valence-corrected chi connectivity index (χ0v) is 9.76. The minimum atomic E-state index is -0.136. The first-order chi connectivity index (χ1) is 8.22. The predicted octanol–water partition coefficient (Wildman–Crippen LogP) is 1.36. The molecule has 4 nitrogen and oxygen atoms in total. The minimum absolute atomic E-state index is 0.136. The van der Waals surface area contributed by atoms with Gasteiger partial charge in [0.1, 0.15) is 0 Å². The third-order valence-corrected chi connectivity index (χ3v) is 2.94. The number of hydrogen-bond acceptors (Lipinski definition) is 3. The summed E-state index contributed by atoms with van der Waals surface area (Å²) in [4.78, 5) is 24.6.